The van der Waals surface area contributed by atoms with E-state index in [1.54, 1.807) is 18.2 Å². The van der Waals surface area contributed by atoms with Crippen molar-refractivity contribution in [1.82, 2.24) is 5.43 Å². The molecule has 0 spiro atoms. The molecule has 1 aromatic heterocycles. The van der Waals surface area contributed by atoms with Crippen LogP contribution in [0.4, 0.5) is 0 Å². The van der Waals surface area contributed by atoms with Gasteiger partial charge in [-0.1, -0.05) is 57.9 Å². The minimum Gasteiger partial charge on any atom is -0.455 e. The predicted molar refractivity (Wildman–Crippen MR) is 120 cm³/mol. The molecule has 1 amide bonds. The molecule has 6 heteroatoms. The van der Waals surface area contributed by atoms with Crippen molar-refractivity contribution in [3.05, 3.63) is 93.6 Å². The van der Waals surface area contributed by atoms with E-state index in [1.807, 2.05) is 54.6 Å². The summed E-state index contributed by atoms with van der Waals surface area (Å²) >= 11 is 9.45. The van der Waals surface area contributed by atoms with Gasteiger partial charge in [-0.05, 0) is 58.8 Å². The molecule has 0 saturated carbocycles. The first kappa shape index (κ1) is 19.4. The molecule has 0 fully saturated rings. The molecule has 29 heavy (non-hydrogen) atoms. The Kier molecular flexibility index (Phi) is 5.79. The number of nitrogens with one attached hydrogen (secondary N) is 1. The van der Waals surface area contributed by atoms with Crippen molar-refractivity contribution in [3.8, 4) is 11.3 Å². The molecule has 1 N–H and O–H groups in total. The van der Waals surface area contributed by atoms with E-state index in [0.29, 0.717) is 16.5 Å². The number of fused-ring (bicyclic) bond motifs is 1. The van der Waals surface area contributed by atoms with Gasteiger partial charge in [0.25, 0.3) is 0 Å². The molecule has 0 saturated heterocycles. The Morgan fingerprint density at radius 2 is 1.76 bits per heavy atom. The zero-order chi connectivity index (χ0) is 20.2. The van der Waals surface area contributed by atoms with E-state index >= 15 is 0 Å². The van der Waals surface area contributed by atoms with Gasteiger partial charge in [0, 0.05) is 15.1 Å². The van der Waals surface area contributed by atoms with Crippen LogP contribution in [0.5, 0.6) is 0 Å². The number of furan rings is 1. The van der Waals surface area contributed by atoms with Gasteiger partial charge in [-0.2, -0.15) is 5.10 Å². The van der Waals surface area contributed by atoms with Crippen molar-refractivity contribution in [1.29, 1.82) is 0 Å². The predicted octanol–water partition coefficient (Wildman–Crippen LogP) is 6.21. The van der Waals surface area contributed by atoms with Crippen molar-refractivity contribution in [2.45, 2.75) is 6.42 Å². The molecule has 4 rings (SSSR count). The van der Waals surface area contributed by atoms with Gasteiger partial charge in [-0.25, -0.2) is 5.43 Å². The third-order valence-electron chi connectivity index (χ3n) is 4.45. The third-order valence-corrected chi connectivity index (χ3v) is 5.39. The summed E-state index contributed by atoms with van der Waals surface area (Å²) in [5.74, 6) is 1.05. The second-order valence-corrected chi connectivity index (χ2v) is 7.72. The maximum Gasteiger partial charge on any atom is 0.244 e. The van der Waals surface area contributed by atoms with Crippen LogP contribution >= 0.6 is 27.5 Å². The third kappa shape index (κ3) is 4.58. The van der Waals surface area contributed by atoms with Crippen LogP contribution in [-0.2, 0) is 11.2 Å². The van der Waals surface area contributed by atoms with Crippen LogP contribution in [-0.4, -0.2) is 12.1 Å². The molecule has 144 valence electrons. The van der Waals surface area contributed by atoms with Crippen molar-refractivity contribution >= 4 is 50.4 Å². The Morgan fingerprint density at radius 1 is 1.00 bits per heavy atom. The molecule has 1 heterocycles. The van der Waals surface area contributed by atoms with Crippen molar-refractivity contribution in [3.63, 3.8) is 0 Å². The lowest BCUT2D eigenvalue weighted by molar-refractivity contribution is -0.120. The van der Waals surface area contributed by atoms with Gasteiger partial charge in [-0.3, -0.25) is 4.79 Å². The van der Waals surface area contributed by atoms with Gasteiger partial charge >= 0.3 is 0 Å². The lowest BCUT2D eigenvalue weighted by atomic mass is 10.0. The standard InChI is InChI=1S/C23H16BrClN2O2/c24-21-11-7-16(19-3-1-2-4-20(19)21)13-23(28)27-26-14-18-10-12-22(29-18)15-5-8-17(25)9-6-15/h1-12,14H,13H2,(H,27,28)/b26-14-. The van der Waals surface area contributed by atoms with Gasteiger partial charge in [0.1, 0.15) is 11.5 Å². The van der Waals surface area contributed by atoms with Gasteiger partial charge in [0.05, 0.1) is 12.6 Å². The lowest BCUT2D eigenvalue weighted by Crippen LogP contribution is -2.19. The van der Waals surface area contributed by atoms with E-state index in [0.717, 1.165) is 26.4 Å². The Labute approximate surface area is 181 Å². The smallest absolute Gasteiger partial charge is 0.244 e. The largest absolute Gasteiger partial charge is 0.455 e. The summed E-state index contributed by atoms with van der Waals surface area (Å²) in [6, 6.07) is 22.9. The number of benzene rings is 3. The molecule has 0 unspecified atom stereocenters. The molecule has 0 aliphatic carbocycles. The topological polar surface area (TPSA) is 54.6 Å². The highest BCUT2D eigenvalue weighted by Crippen LogP contribution is 2.27. The minimum atomic E-state index is -0.196. The number of hydrogen-bond donors (Lipinski definition) is 1. The maximum atomic E-state index is 12.3. The number of halogens is 2. The highest BCUT2D eigenvalue weighted by molar-refractivity contribution is 9.10. The lowest BCUT2D eigenvalue weighted by Gasteiger charge is -2.07. The van der Waals surface area contributed by atoms with Crippen LogP contribution in [0, 0.1) is 0 Å². The van der Waals surface area contributed by atoms with E-state index < -0.39 is 0 Å². The van der Waals surface area contributed by atoms with Crippen LogP contribution in [0.15, 0.2) is 86.8 Å². The number of rotatable bonds is 5. The Bertz CT molecular complexity index is 1200. The SMILES string of the molecule is O=C(Cc1ccc(Br)c2ccccc12)N/N=C\c1ccc(-c2ccc(Cl)cc2)o1. The average molecular weight is 468 g/mol. The number of carbonyl (C=O) groups excluding carboxylic acids is 1. The highest BCUT2D eigenvalue weighted by atomic mass is 79.9. The quantitative estimate of drug-likeness (QED) is 0.280. The first-order valence-electron chi connectivity index (χ1n) is 8.94. The van der Waals surface area contributed by atoms with Crippen LogP contribution in [0.3, 0.4) is 0 Å². The number of carbonyl (C=O) groups is 1. The maximum absolute atomic E-state index is 12.3. The van der Waals surface area contributed by atoms with Gasteiger partial charge in [-0.15, -0.1) is 0 Å². The molecule has 4 nitrogen and oxygen atoms in total. The Hall–Kier alpha value is -2.89. The summed E-state index contributed by atoms with van der Waals surface area (Å²) in [7, 11) is 0. The molecule has 4 aromatic rings. The van der Waals surface area contributed by atoms with E-state index in [9.17, 15) is 4.79 Å². The van der Waals surface area contributed by atoms with Crippen LogP contribution in [0.25, 0.3) is 22.1 Å². The van der Waals surface area contributed by atoms with Crippen molar-refractivity contribution < 1.29 is 9.21 Å². The summed E-state index contributed by atoms with van der Waals surface area (Å²) < 4.78 is 6.74. The zero-order valence-corrected chi connectivity index (χ0v) is 17.6. The number of amides is 1. The fourth-order valence-corrected chi connectivity index (χ4v) is 3.65. The zero-order valence-electron chi connectivity index (χ0n) is 15.2. The van der Waals surface area contributed by atoms with Gasteiger partial charge in [0.15, 0.2) is 0 Å². The van der Waals surface area contributed by atoms with E-state index in [2.05, 4.69) is 26.5 Å². The van der Waals surface area contributed by atoms with Crippen LogP contribution in [0.2, 0.25) is 5.02 Å². The van der Waals surface area contributed by atoms with Gasteiger partial charge in [0.2, 0.25) is 5.91 Å². The van der Waals surface area contributed by atoms with Crippen LogP contribution in [0.1, 0.15) is 11.3 Å². The molecule has 0 bridgehead atoms. The van der Waals surface area contributed by atoms with Crippen molar-refractivity contribution in [2.75, 3.05) is 0 Å². The average Bonchev–Trinajstić information content (AvgIpc) is 3.20. The summed E-state index contributed by atoms with van der Waals surface area (Å²) in [4.78, 5) is 12.3. The molecule has 0 aliphatic rings. The van der Waals surface area contributed by atoms with Crippen molar-refractivity contribution in [2.24, 2.45) is 5.10 Å². The summed E-state index contributed by atoms with van der Waals surface area (Å²) in [5.41, 5.74) is 4.42. The number of hydrazone groups is 1. The molecular weight excluding hydrogens is 452 g/mol. The molecule has 3 aromatic carbocycles. The second kappa shape index (κ2) is 8.64. The van der Waals surface area contributed by atoms with E-state index in [1.165, 1.54) is 6.21 Å². The monoisotopic (exact) mass is 466 g/mol. The molecule has 0 aliphatic heterocycles. The Balaban J connectivity index is 1.41. The fourth-order valence-electron chi connectivity index (χ4n) is 3.05. The minimum absolute atomic E-state index is 0.196. The molecular formula is C23H16BrClN2O2. The number of nitrogens with zero attached hydrogens (tertiary/aromatic N) is 1. The van der Waals surface area contributed by atoms with E-state index in [-0.39, 0.29) is 12.3 Å². The summed E-state index contributed by atoms with van der Waals surface area (Å²) in [6.45, 7) is 0. The van der Waals surface area contributed by atoms with E-state index in [4.69, 9.17) is 16.0 Å². The molecule has 0 radical (unpaired) electrons. The fraction of sp³-hybridized carbons (Fsp3) is 0.0435. The van der Waals surface area contributed by atoms with Gasteiger partial charge < -0.3 is 4.42 Å². The first-order valence-corrected chi connectivity index (χ1v) is 10.1. The normalized spacial score (nSPS) is 11.2. The Morgan fingerprint density at radius 3 is 2.55 bits per heavy atom. The summed E-state index contributed by atoms with van der Waals surface area (Å²) in [6.07, 6.45) is 1.72. The second-order valence-electron chi connectivity index (χ2n) is 6.43. The van der Waals surface area contributed by atoms with Crippen LogP contribution < -0.4 is 5.43 Å². The summed E-state index contributed by atoms with van der Waals surface area (Å²) in [5, 5.41) is 6.79. The molecule has 0 atom stereocenters. The number of hydrogen-bond acceptors (Lipinski definition) is 3. The first-order chi connectivity index (χ1) is 14.1. The highest BCUT2D eigenvalue weighted by Gasteiger charge is 2.08.